The van der Waals surface area contributed by atoms with E-state index < -0.39 is 0 Å². The molecular weight excluding hydrogens is 288 g/mol. The van der Waals surface area contributed by atoms with Gasteiger partial charge in [0, 0.05) is 33.2 Å². The molecule has 0 amide bonds. The molecule has 118 valence electrons. The zero-order valence-corrected chi connectivity index (χ0v) is 14.8. The highest BCUT2D eigenvalue weighted by molar-refractivity contribution is 7.80. The van der Waals surface area contributed by atoms with E-state index in [4.69, 9.17) is 24.4 Å². The maximum Gasteiger partial charge on any atom is 0.168 e. The lowest BCUT2D eigenvalue weighted by Gasteiger charge is -2.21. The van der Waals surface area contributed by atoms with Gasteiger partial charge < -0.3 is 20.9 Å². The lowest BCUT2D eigenvalue weighted by Crippen LogP contribution is -2.40. The summed E-state index contributed by atoms with van der Waals surface area (Å²) in [6.07, 6.45) is 5.70. The molecule has 3 N–H and O–H groups in total. The van der Waals surface area contributed by atoms with Crippen LogP contribution in [-0.2, 0) is 0 Å². The molecule has 0 spiro atoms. The van der Waals surface area contributed by atoms with Crippen molar-refractivity contribution >= 4 is 34.7 Å². The fraction of sp³-hybridized carbons (Fsp3) is 0.857. The van der Waals surface area contributed by atoms with Crippen LogP contribution >= 0.6 is 24.4 Å². The summed E-state index contributed by atoms with van der Waals surface area (Å²) in [4.78, 5) is 2.08. The summed E-state index contributed by atoms with van der Waals surface area (Å²) in [5, 5.41) is 11.3. The van der Waals surface area contributed by atoms with Crippen LogP contribution in [0.5, 0.6) is 0 Å². The lowest BCUT2D eigenvalue weighted by molar-refractivity contribution is 0.475. The van der Waals surface area contributed by atoms with Crippen molar-refractivity contribution in [3.63, 3.8) is 0 Å². The average molecular weight is 319 g/mol. The normalized spacial score (nSPS) is 9.95. The molecule has 0 saturated heterocycles. The molecule has 0 fully saturated rings. The Labute approximate surface area is 135 Å². The number of hydrogen-bond donors (Lipinski definition) is 3. The van der Waals surface area contributed by atoms with Gasteiger partial charge in [-0.3, -0.25) is 0 Å². The van der Waals surface area contributed by atoms with Crippen LogP contribution in [-0.4, -0.2) is 48.4 Å². The second-order valence-electron chi connectivity index (χ2n) is 4.90. The highest BCUT2D eigenvalue weighted by Gasteiger charge is 2.02. The summed E-state index contributed by atoms with van der Waals surface area (Å²) in [5.41, 5.74) is 0. The van der Waals surface area contributed by atoms with Gasteiger partial charge in [0.05, 0.1) is 0 Å². The number of thiocarbonyl (C=S) groups is 2. The highest BCUT2D eigenvalue weighted by Crippen LogP contribution is 1.90. The van der Waals surface area contributed by atoms with Crippen LogP contribution in [0, 0.1) is 0 Å². The van der Waals surface area contributed by atoms with E-state index in [1.165, 1.54) is 12.8 Å². The van der Waals surface area contributed by atoms with Gasteiger partial charge in [-0.15, -0.1) is 0 Å². The zero-order chi connectivity index (χ0) is 15.2. The summed E-state index contributed by atoms with van der Waals surface area (Å²) >= 11 is 10.5. The number of nitrogens with zero attached hydrogens (tertiary/aromatic N) is 1. The SMILES string of the molecule is CCCCNC(=S)NCCCN(C)C(=S)NCCCC. The van der Waals surface area contributed by atoms with Gasteiger partial charge in [0.2, 0.25) is 0 Å². The monoisotopic (exact) mass is 318 g/mol. The Kier molecular flexibility index (Phi) is 13.0. The summed E-state index contributed by atoms with van der Waals surface area (Å²) in [7, 11) is 2.03. The van der Waals surface area contributed by atoms with E-state index in [1.807, 2.05) is 7.05 Å². The molecule has 0 rings (SSSR count). The summed E-state index contributed by atoms with van der Waals surface area (Å²) in [5.74, 6) is 0. The lowest BCUT2D eigenvalue weighted by atomic mass is 10.3. The van der Waals surface area contributed by atoms with Crippen LogP contribution in [0.15, 0.2) is 0 Å². The zero-order valence-electron chi connectivity index (χ0n) is 13.1. The van der Waals surface area contributed by atoms with Crippen molar-refractivity contribution in [3.05, 3.63) is 0 Å². The standard InChI is InChI=1S/C14H30N4S2/c1-4-6-9-15-13(19)16-11-8-12-18(3)14(20)17-10-7-5-2/h4-12H2,1-3H3,(H,17,20)(H2,15,16,19). The second-order valence-corrected chi connectivity index (χ2v) is 5.69. The van der Waals surface area contributed by atoms with Crippen molar-refractivity contribution in [2.75, 3.05) is 33.2 Å². The van der Waals surface area contributed by atoms with Crippen molar-refractivity contribution in [2.45, 2.75) is 46.0 Å². The van der Waals surface area contributed by atoms with E-state index in [1.54, 1.807) is 0 Å². The molecule has 0 aliphatic heterocycles. The first-order chi connectivity index (χ1) is 9.61. The molecular formula is C14H30N4S2. The fourth-order valence-corrected chi connectivity index (χ4v) is 1.97. The van der Waals surface area contributed by atoms with Crippen molar-refractivity contribution in [1.29, 1.82) is 0 Å². The Hall–Kier alpha value is -0.620. The van der Waals surface area contributed by atoms with Gasteiger partial charge in [-0.05, 0) is 43.7 Å². The molecule has 0 aromatic rings. The van der Waals surface area contributed by atoms with Crippen LogP contribution in [0.25, 0.3) is 0 Å². The summed E-state index contributed by atoms with van der Waals surface area (Å²) in [6.45, 7) is 8.07. The molecule has 6 heteroatoms. The van der Waals surface area contributed by atoms with E-state index in [9.17, 15) is 0 Å². The van der Waals surface area contributed by atoms with E-state index >= 15 is 0 Å². The predicted octanol–water partition coefficient (Wildman–Crippen LogP) is 2.25. The van der Waals surface area contributed by atoms with Crippen molar-refractivity contribution < 1.29 is 0 Å². The molecule has 0 radical (unpaired) electrons. The smallest absolute Gasteiger partial charge is 0.168 e. The molecule has 0 heterocycles. The molecule has 0 aromatic heterocycles. The van der Waals surface area contributed by atoms with E-state index in [0.717, 1.165) is 55.7 Å². The van der Waals surface area contributed by atoms with Gasteiger partial charge in [-0.25, -0.2) is 0 Å². The van der Waals surface area contributed by atoms with Gasteiger partial charge in [0.1, 0.15) is 0 Å². The minimum Gasteiger partial charge on any atom is -0.363 e. The van der Waals surface area contributed by atoms with Gasteiger partial charge in [0.25, 0.3) is 0 Å². The second kappa shape index (κ2) is 13.4. The minimum atomic E-state index is 0.754. The predicted molar refractivity (Wildman–Crippen MR) is 96.3 cm³/mol. The van der Waals surface area contributed by atoms with E-state index in [-0.39, 0.29) is 0 Å². The first-order valence-electron chi connectivity index (χ1n) is 7.62. The number of rotatable bonds is 10. The van der Waals surface area contributed by atoms with Crippen molar-refractivity contribution in [2.24, 2.45) is 0 Å². The molecule has 0 bridgehead atoms. The largest absolute Gasteiger partial charge is 0.363 e. The first kappa shape index (κ1) is 19.4. The van der Waals surface area contributed by atoms with Crippen molar-refractivity contribution in [1.82, 2.24) is 20.9 Å². The number of nitrogens with one attached hydrogen (secondary N) is 3. The van der Waals surface area contributed by atoms with Crippen LogP contribution in [0.4, 0.5) is 0 Å². The van der Waals surface area contributed by atoms with Gasteiger partial charge in [-0.1, -0.05) is 26.7 Å². The first-order valence-corrected chi connectivity index (χ1v) is 8.44. The third-order valence-corrected chi connectivity index (χ3v) is 3.67. The van der Waals surface area contributed by atoms with E-state index in [0.29, 0.717) is 0 Å². The Morgan fingerprint density at radius 1 is 0.850 bits per heavy atom. The maximum absolute atomic E-state index is 5.32. The van der Waals surface area contributed by atoms with Crippen LogP contribution < -0.4 is 16.0 Å². The quantitative estimate of drug-likeness (QED) is 0.424. The Morgan fingerprint density at radius 2 is 1.35 bits per heavy atom. The minimum absolute atomic E-state index is 0.754. The Morgan fingerprint density at radius 3 is 1.90 bits per heavy atom. The topological polar surface area (TPSA) is 39.3 Å². The number of unbranched alkanes of at least 4 members (excludes halogenated alkanes) is 2. The Balaban J connectivity index is 3.53. The van der Waals surface area contributed by atoms with Gasteiger partial charge >= 0.3 is 0 Å². The van der Waals surface area contributed by atoms with Crippen LogP contribution in [0.3, 0.4) is 0 Å². The van der Waals surface area contributed by atoms with Gasteiger partial charge in [-0.2, -0.15) is 0 Å². The highest BCUT2D eigenvalue weighted by atomic mass is 32.1. The molecule has 20 heavy (non-hydrogen) atoms. The van der Waals surface area contributed by atoms with Gasteiger partial charge in [0.15, 0.2) is 10.2 Å². The molecule has 4 nitrogen and oxygen atoms in total. The van der Waals surface area contributed by atoms with Crippen LogP contribution in [0.1, 0.15) is 46.0 Å². The summed E-state index contributed by atoms with van der Waals surface area (Å²) in [6, 6.07) is 0. The third-order valence-electron chi connectivity index (χ3n) is 2.92. The Bertz CT molecular complexity index is 272. The summed E-state index contributed by atoms with van der Waals surface area (Å²) < 4.78 is 0. The van der Waals surface area contributed by atoms with Crippen LogP contribution in [0.2, 0.25) is 0 Å². The average Bonchev–Trinajstić information content (AvgIpc) is 2.43. The van der Waals surface area contributed by atoms with E-state index in [2.05, 4.69) is 34.7 Å². The number of hydrogen-bond acceptors (Lipinski definition) is 2. The molecule has 0 aromatic carbocycles. The fourth-order valence-electron chi connectivity index (χ4n) is 1.57. The molecule has 0 unspecified atom stereocenters. The molecule has 0 aliphatic carbocycles. The molecule has 0 saturated carbocycles. The molecule has 0 aliphatic rings. The maximum atomic E-state index is 5.32. The van der Waals surface area contributed by atoms with Crippen molar-refractivity contribution in [3.8, 4) is 0 Å². The molecule has 0 atom stereocenters. The third kappa shape index (κ3) is 11.2.